The van der Waals surface area contributed by atoms with E-state index in [9.17, 15) is 4.79 Å². The molecule has 0 N–H and O–H groups in total. The second-order valence-electron chi connectivity index (χ2n) is 7.05. The minimum atomic E-state index is -0.323. The first-order valence-electron chi connectivity index (χ1n) is 9.34. The second kappa shape index (κ2) is 8.57. The molecule has 0 saturated heterocycles. The van der Waals surface area contributed by atoms with E-state index in [1.165, 1.54) is 22.5 Å². The van der Waals surface area contributed by atoms with Gasteiger partial charge in [-0.15, -0.1) is 11.3 Å². The van der Waals surface area contributed by atoms with Crippen LogP contribution in [0.3, 0.4) is 0 Å². The summed E-state index contributed by atoms with van der Waals surface area (Å²) >= 11 is 1.32. The molecule has 146 valence electrons. The summed E-state index contributed by atoms with van der Waals surface area (Å²) in [6, 6.07) is 18.6. The molecule has 0 saturated carbocycles. The summed E-state index contributed by atoms with van der Waals surface area (Å²) in [4.78, 5) is 16.9. The molecule has 0 bridgehead atoms. The van der Waals surface area contributed by atoms with Gasteiger partial charge in [0.2, 0.25) is 0 Å². The molecule has 0 aliphatic heterocycles. The standard InChI is InChI=1S/C23H25NO3S/c1-5-26-22(25)21-16(2)24-20(28-21)15-27-19-13-11-18(12-14-19)23(3,4)17-9-7-6-8-10-17/h6-14H,5,15H2,1-4H3. The van der Waals surface area contributed by atoms with Crippen LogP contribution in [0.5, 0.6) is 5.75 Å². The van der Waals surface area contributed by atoms with Crippen LogP contribution in [0.15, 0.2) is 54.6 Å². The van der Waals surface area contributed by atoms with Crippen LogP contribution in [0.25, 0.3) is 0 Å². The van der Waals surface area contributed by atoms with Crippen LogP contribution in [0.2, 0.25) is 0 Å². The predicted molar refractivity (Wildman–Crippen MR) is 112 cm³/mol. The fourth-order valence-electron chi connectivity index (χ4n) is 3.03. The molecule has 5 heteroatoms. The lowest BCUT2D eigenvalue weighted by Gasteiger charge is -2.26. The SMILES string of the molecule is CCOC(=O)c1sc(COc2ccc(C(C)(C)c3ccccc3)cc2)nc1C. The van der Waals surface area contributed by atoms with E-state index in [4.69, 9.17) is 9.47 Å². The van der Waals surface area contributed by atoms with Crippen molar-refractivity contribution in [1.82, 2.24) is 4.98 Å². The minimum Gasteiger partial charge on any atom is -0.486 e. The lowest BCUT2D eigenvalue weighted by molar-refractivity contribution is 0.0531. The molecule has 0 spiro atoms. The molecule has 0 fully saturated rings. The number of benzene rings is 2. The van der Waals surface area contributed by atoms with Crippen molar-refractivity contribution in [3.63, 3.8) is 0 Å². The molecule has 4 nitrogen and oxygen atoms in total. The second-order valence-corrected chi connectivity index (χ2v) is 8.13. The van der Waals surface area contributed by atoms with Crippen LogP contribution >= 0.6 is 11.3 Å². The first-order chi connectivity index (χ1) is 13.4. The maximum absolute atomic E-state index is 11.9. The number of hydrogen-bond donors (Lipinski definition) is 0. The molecule has 28 heavy (non-hydrogen) atoms. The Hall–Kier alpha value is -2.66. The maximum Gasteiger partial charge on any atom is 0.350 e. The molecule has 3 aromatic rings. The normalized spacial score (nSPS) is 11.3. The molecule has 2 aromatic carbocycles. The van der Waals surface area contributed by atoms with E-state index in [2.05, 4.69) is 55.2 Å². The van der Waals surface area contributed by atoms with Crippen molar-refractivity contribution in [2.45, 2.75) is 39.7 Å². The minimum absolute atomic E-state index is 0.0826. The summed E-state index contributed by atoms with van der Waals surface area (Å²) in [6.45, 7) is 8.72. The molecule has 0 aliphatic carbocycles. The van der Waals surface area contributed by atoms with Gasteiger partial charge in [0.1, 0.15) is 22.2 Å². The topological polar surface area (TPSA) is 48.4 Å². The fraction of sp³-hybridized carbons (Fsp3) is 0.304. The zero-order chi connectivity index (χ0) is 20.1. The van der Waals surface area contributed by atoms with Gasteiger partial charge in [-0.25, -0.2) is 9.78 Å². The summed E-state index contributed by atoms with van der Waals surface area (Å²) in [7, 11) is 0. The monoisotopic (exact) mass is 395 g/mol. The van der Waals surface area contributed by atoms with Gasteiger partial charge in [0.25, 0.3) is 0 Å². The Morgan fingerprint density at radius 1 is 1.04 bits per heavy atom. The number of aromatic nitrogens is 1. The number of nitrogens with zero attached hydrogens (tertiary/aromatic N) is 1. The highest BCUT2D eigenvalue weighted by atomic mass is 32.1. The van der Waals surface area contributed by atoms with Crippen LogP contribution in [0.1, 0.15) is 52.3 Å². The zero-order valence-corrected chi connectivity index (χ0v) is 17.5. The van der Waals surface area contributed by atoms with Gasteiger partial charge in [-0.3, -0.25) is 0 Å². The first kappa shape index (κ1) is 20.1. The van der Waals surface area contributed by atoms with Crippen LogP contribution in [-0.4, -0.2) is 17.6 Å². The van der Waals surface area contributed by atoms with Crippen LogP contribution < -0.4 is 4.74 Å². The third kappa shape index (κ3) is 4.42. The number of carbonyl (C=O) groups is 1. The number of ether oxygens (including phenoxy) is 2. The summed E-state index contributed by atoms with van der Waals surface area (Å²) < 4.78 is 10.9. The third-order valence-corrected chi connectivity index (χ3v) is 5.85. The van der Waals surface area contributed by atoms with Crippen LogP contribution in [0, 0.1) is 6.92 Å². The average molecular weight is 396 g/mol. The lowest BCUT2D eigenvalue weighted by atomic mass is 9.78. The molecule has 0 amide bonds. The Balaban J connectivity index is 1.67. The van der Waals surface area contributed by atoms with Gasteiger partial charge >= 0.3 is 5.97 Å². The maximum atomic E-state index is 11.9. The van der Waals surface area contributed by atoms with Crippen molar-refractivity contribution in [3.05, 3.63) is 81.3 Å². The number of hydrogen-bond acceptors (Lipinski definition) is 5. The number of thiazole rings is 1. The van der Waals surface area contributed by atoms with Gasteiger partial charge in [-0.1, -0.05) is 56.3 Å². The Labute approximate surface area is 170 Å². The highest BCUT2D eigenvalue weighted by molar-refractivity contribution is 7.13. The molecule has 3 rings (SSSR count). The molecular formula is C23H25NO3S. The molecule has 0 atom stereocenters. The van der Waals surface area contributed by atoms with Gasteiger partial charge in [-0.2, -0.15) is 0 Å². The molecule has 1 aromatic heterocycles. The summed E-state index contributed by atoms with van der Waals surface area (Å²) in [5.41, 5.74) is 3.09. The Bertz CT molecular complexity index is 930. The predicted octanol–water partition coefficient (Wildman–Crippen LogP) is 5.53. The summed E-state index contributed by atoms with van der Waals surface area (Å²) in [5.74, 6) is 0.453. The molecule has 0 radical (unpaired) electrons. The lowest BCUT2D eigenvalue weighted by Crippen LogP contribution is -2.18. The number of rotatable bonds is 7. The van der Waals surface area contributed by atoms with E-state index in [0.29, 0.717) is 23.8 Å². The molecule has 0 unspecified atom stereocenters. The Morgan fingerprint density at radius 2 is 1.68 bits per heavy atom. The quantitative estimate of drug-likeness (QED) is 0.493. The first-order valence-corrected chi connectivity index (χ1v) is 10.2. The highest BCUT2D eigenvalue weighted by Gasteiger charge is 2.22. The fourth-order valence-corrected chi connectivity index (χ4v) is 3.91. The van der Waals surface area contributed by atoms with Gasteiger partial charge in [0, 0.05) is 5.41 Å². The summed E-state index contributed by atoms with van der Waals surface area (Å²) in [5, 5.41) is 0.759. The highest BCUT2D eigenvalue weighted by Crippen LogP contribution is 2.32. The van der Waals surface area contributed by atoms with Crippen molar-refractivity contribution in [3.8, 4) is 5.75 Å². The number of carbonyl (C=O) groups excluding carboxylic acids is 1. The van der Waals surface area contributed by atoms with Crippen molar-refractivity contribution in [2.75, 3.05) is 6.61 Å². The van der Waals surface area contributed by atoms with E-state index in [0.717, 1.165) is 10.8 Å². The van der Waals surface area contributed by atoms with E-state index in [1.807, 2.05) is 25.1 Å². The van der Waals surface area contributed by atoms with Crippen LogP contribution in [0.4, 0.5) is 0 Å². The molecular weight excluding hydrogens is 370 g/mol. The van der Waals surface area contributed by atoms with Crippen molar-refractivity contribution in [2.24, 2.45) is 0 Å². The average Bonchev–Trinajstić information content (AvgIpc) is 3.08. The van der Waals surface area contributed by atoms with Gasteiger partial charge in [-0.05, 0) is 37.1 Å². The Kier molecular flexibility index (Phi) is 6.15. The summed E-state index contributed by atoms with van der Waals surface area (Å²) in [6.07, 6.45) is 0. The molecule has 0 aliphatic rings. The van der Waals surface area contributed by atoms with Crippen molar-refractivity contribution >= 4 is 17.3 Å². The van der Waals surface area contributed by atoms with E-state index >= 15 is 0 Å². The van der Waals surface area contributed by atoms with Gasteiger partial charge < -0.3 is 9.47 Å². The number of aryl methyl sites for hydroxylation is 1. The Morgan fingerprint density at radius 3 is 2.32 bits per heavy atom. The zero-order valence-electron chi connectivity index (χ0n) is 16.7. The largest absolute Gasteiger partial charge is 0.486 e. The van der Waals surface area contributed by atoms with Crippen molar-refractivity contribution < 1.29 is 14.3 Å². The third-order valence-electron chi connectivity index (χ3n) is 4.74. The van der Waals surface area contributed by atoms with E-state index in [1.54, 1.807) is 6.92 Å². The molecule has 1 heterocycles. The van der Waals surface area contributed by atoms with Gasteiger partial charge in [0.05, 0.1) is 12.3 Å². The van der Waals surface area contributed by atoms with Gasteiger partial charge in [0.15, 0.2) is 0 Å². The smallest absolute Gasteiger partial charge is 0.350 e. The number of esters is 1. The van der Waals surface area contributed by atoms with E-state index in [-0.39, 0.29) is 11.4 Å². The van der Waals surface area contributed by atoms with E-state index < -0.39 is 0 Å². The van der Waals surface area contributed by atoms with Crippen LogP contribution in [-0.2, 0) is 16.8 Å². The van der Waals surface area contributed by atoms with Crippen molar-refractivity contribution in [1.29, 1.82) is 0 Å².